The second kappa shape index (κ2) is 8.10. The van der Waals surface area contributed by atoms with E-state index in [-0.39, 0.29) is 17.1 Å². The average Bonchev–Trinajstić information content (AvgIpc) is 2.66. The monoisotopic (exact) mass is 364 g/mol. The van der Waals surface area contributed by atoms with Crippen LogP contribution in [0.3, 0.4) is 0 Å². The highest BCUT2D eigenvalue weighted by Crippen LogP contribution is 2.39. The summed E-state index contributed by atoms with van der Waals surface area (Å²) in [5.74, 6) is 0.0234. The Bertz CT molecular complexity index is 929. The van der Waals surface area contributed by atoms with Crippen LogP contribution in [0.25, 0.3) is 11.6 Å². The van der Waals surface area contributed by atoms with E-state index in [1.54, 1.807) is 24.3 Å². The minimum absolute atomic E-state index is 0.0257. The van der Waals surface area contributed by atoms with Gasteiger partial charge in [0.1, 0.15) is 17.1 Å². The molecule has 0 aromatic heterocycles. The van der Waals surface area contributed by atoms with Gasteiger partial charge in [0.2, 0.25) is 0 Å². The topological polar surface area (TPSA) is 84.6 Å². The Balaban J connectivity index is 2.02. The van der Waals surface area contributed by atoms with Crippen molar-refractivity contribution in [2.45, 2.75) is 13.3 Å². The fourth-order valence-corrected chi connectivity index (χ4v) is 3.34. The van der Waals surface area contributed by atoms with E-state index in [0.717, 1.165) is 41.8 Å². The van der Waals surface area contributed by atoms with Crippen LogP contribution in [0.2, 0.25) is 0 Å². The lowest BCUT2D eigenvalue weighted by atomic mass is 9.91. The number of aryl methyl sites for hydroxylation is 1. The van der Waals surface area contributed by atoms with Crippen LogP contribution in [0, 0.1) is 6.92 Å². The molecule has 0 unspecified atom stereocenters. The van der Waals surface area contributed by atoms with Crippen molar-refractivity contribution in [1.29, 1.82) is 0 Å². The van der Waals surface area contributed by atoms with Gasteiger partial charge in [0.05, 0.1) is 7.11 Å². The molecule has 27 heavy (non-hydrogen) atoms. The Morgan fingerprint density at radius 2 is 2.15 bits per heavy atom. The number of ether oxygens (including phenoxy) is 1. The van der Waals surface area contributed by atoms with E-state index in [1.165, 1.54) is 13.2 Å². The molecule has 0 atom stereocenters. The van der Waals surface area contributed by atoms with Gasteiger partial charge in [0.15, 0.2) is 5.78 Å². The number of benzene rings is 2. The molecule has 5 nitrogen and oxygen atoms in total. The van der Waals surface area contributed by atoms with Gasteiger partial charge in [0.25, 0.3) is 0 Å². The maximum absolute atomic E-state index is 12.9. The molecule has 0 aliphatic carbocycles. The van der Waals surface area contributed by atoms with Gasteiger partial charge in [-0.15, -0.1) is 0 Å². The van der Waals surface area contributed by atoms with E-state index in [4.69, 9.17) is 10.5 Å². The number of aromatic hydroxyl groups is 1. The van der Waals surface area contributed by atoms with E-state index < -0.39 is 0 Å². The molecule has 0 saturated carbocycles. The number of carbonyl (C=O) groups excluding carboxylic acids is 1. The number of nitrogens with one attached hydrogen (secondary N) is 1. The van der Waals surface area contributed by atoms with Crippen LogP contribution in [-0.2, 0) is 0 Å². The van der Waals surface area contributed by atoms with Crippen LogP contribution in [0.4, 0.5) is 5.69 Å². The van der Waals surface area contributed by atoms with Crippen LogP contribution in [0.1, 0.15) is 33.5 Å². The Kier molecular flexibility index (Phi) is 5.62. The first-order valence-electron chi connectivity index (χ1n) is 8.90. The number of hydrogen-bond acceptors (Lipinski definition) is 5. The maximum Gasteiger partial charge on any atom is 0.193 e. The van der Waals surface area contributed by atoms with Crippen LogP contribution in [-0.4, -0.2) is 31.1 Å². The molecule has 0 radical (unpaired) electrons. The first kappa shape index (κ1) is 18.7. The average molecular weight is 364 g/mol. The summed E-state index contributed by atoms with van der Waals surface area (Å²) in [5, 5.41) is 14.2. The van der Waals surface area contributed by atoms with E-state index >= 15 is 0 Å². The van der Waals surface area contributed by atoms with E-state index in [2.05, 4.69) is 11.4 Å². The number of nitrogen functional groups attached to an aromatic ring is 1. The van der Waals surface area contributed by atoms with E-state index in [9.17, 15) is 9.90 Å². The van der Waals surface area contributed by atoms with Crippen molar-refractivity contribution in [3.05, 3.63) is 64.7 Å². The molecule has 0 fully saturated rings. The number of ketones is 1. The van der Waals surface area contributed by atoms with Gasteiger partial charge in [-0.05, 0) is 60.9 Å². The van der Waals surface area contributed by atoms with Crippen molar-refractivity contribution >= 4 is 23.1 Å². The number of phenolic OH excluding ortho intramolecular Hbond substituents is 1. The molecule has 5 heteroatoms. The number of hydrogen-bond donors (Lipinski definition) is 3. The molecule has 140 valence electrons. The number of allylic oxidation sites excluding steroid dienone is 1. The molecular formula is C22H24N2O3. The predicted molar refractivity (Wildman–Crippen MR) is 109 cm³/mol. The molecule has 2 aromatic rings. The van der Waals surface area contributed by atoms with Gasteiger partial charge < -0.3 is 20.9 Å². The molecule has 0 bridgehead atoms. The summed E-state index contributed by atoms with van der Waals surface area (Å²) in [7, 11) is 1.50. The highest BCUT2D eigenvalue weighted by molar-refractivity contribution is 6.11. The SMILES string of the molecule is COc1cc(C)c(C2=CCNCC2)c(O)c1C(=O)/C=C/c1cccc(N)c1. The number of methoxy groups -OCH3 is 1. The fourth-order valence-electron chi connectivity index (χ4n) is 3.34. The van der Waals surface area contributed by atoms with Crippen LogP contribution in [0.5, 0.6) is 11.5 Å². The van der Waals surface area contributed by atoms with E-state index in [0.29, 0.717) is 11.4 Å². The zero-order valence-corrected chi connectivity index (χ0v) is 15.6. The highest BCUT2D eigenvalue weighted by Gasteiger charge is 2.23. The second-order valence-corrected chi connectivity index (χ2v) is 6.55. The highest BCUT2D eigenvalue weighted by atomic mass is 16.5. The summed E-state index contributed by atoms with van der Waals surface area (Å²) in [6.07, 6.45) is 5.96. The molecular weight excluding hydrogens is 340 g/mol. The molecule has 4 N–H and O–H groups in total. The van der Waals surface area contributed by atoms with Crippen LogP contribution < -0.4 is 15.8 Å². The smallest absolute Gasteiger partial charge is 0.193 e. The normalized spacial score (nSPS) is 14.2. The van der Waals surface area contributed by atoms with Gasteiger partial charge in [-0.3, -0.25) is 4.79 Å². The van der Waals surface area contributed by atoms with Crippen molar-refractivity contribution in [3.8, 4) is 11.5 Å². The Hall–Kier alpha value is -3.05. The summed E-state index contributed by atoms with van der Waals surface area (Å²) in [6.45, 7) is 3.51. The molecule has 1 aliphatic heterocycles. The second-order valence-electron chi connectivity index (χ2n) is 6.55. The third kappa shape index (κ3) is 4.04. The van der Waals surface area contributed by atoms with Gasteiger partial charge in [-0.1, -0.05) is 24.3 Å². The van der Waals surface area contributed by atoms with Crippen LogP contribution in [0.15, 0.2) is 42.5 Å². The van der Waals surface area contributed by atoms with Gasteiger partial charge in [-0.25, -0.2) is 0 Å². The lowest BCUT2D eigenvalue weighted by molar-refractivity contribution is 0.104. The van der Waals surface area contributed by atoms with Crippen molar-refractivity contribution in [1.82, 2.24) is 5.32 Å². The van der Waals surface area contributed by atoms with Crippen LogP contribution >= 0.6 is 0 Å². The Morgan fingerprint density at radius 1 is 1.33 bits per heavy atom. The zero-order chi connectivity index (χ0) is 19.4. The first-order valence-corrected chi connectivity index (χ1v) is 8.90. The summed E-state index contributed by atoms with van der Waals surface area (Å²) < 4.78 is 5.38. The fraction of sp³-hybridized carbons (Fsp3) is 0.227. The Morgan fingerprint density at radius 3 is 2.81 bits per heavy atom. The predicted octanol–water partition coefficient (Wildman–Crippen LogP) is 3.56. The molecule has 2 aromatic carbocycles. The molecule has 0 spiro atoms. The molecule has 3 rings (SSSR count). The van der Waals surface area contributed by atoms with Gasteiger partial charge in [-0.2, -0.15) is 0 Å². The minimum Gasteiger partial charge on any atom is -0.506 e. The summed E-state index contributed by atoms with van der Waals surface area (Å²) in [5.41, 5.74) is 10.0. The molecule has 1 heterocycles. The minimum atomic E-state index is -0.317. The standard InChI is InChI=1S/C22H24N2O3/c1-14-12-19(27-2)21(22(26)20(14)16-8-10-24-11-9-16)18(25)7-6-15-4-3-5-17(23)13-15/h3-8,12-13,24,26H,9-11,23H2,1-2H3/b7-6+. The first-order chi connectivity index (χ1) is 13.0. The van der Waals surface area contributed by atoms with Crippen molar-refractivity contribution in [3.63, 3.8) is 0 Å². The quantitative estimate of drug-likeness (QED) is 0.429. The van der Waals surface area contributed by atoms with Gasteiger partial charge >= 0.3 is 0 Å². The summed E-state index contributed by atoms with van der Waals surface area (Å²) >= 11 is 0. The molecule has 0 amide bonds. The largest absolute Gasteiger partial charge is 0.506 e. The Labute approximate surface area is 159 Å². The molecule has 0 saturated heterocycles. The lowest BCUT2D eigenvalue weighted by Gasteiger charge is -2.20. The summed E-state index contributed by atoms with van der Waals surface area (Å²) in [4.78, 5) is 12.9. The third-order valence-corrected chi connectivity index (χ3v) is 4.65. The molecule has 1 aliphatic rings. The number of phenols is 1. The van der Waals surface area contributed by atoms with Crippen molar-refractivity contribution in [2.24, 2.45) is 0 Å². The number of rotatable bonds is 5. The maximum atomic E-state index is 12.9. The number of anilines is 1. The third-order valence-electron chi connectivity index (χ3n) is 4.65. The van der Waals surface area contributed by atoms with Crippen molar-refractivity contribution in [2.75, 3.05) is 25.9 Å². The van der Waals surface area contributed by atoms with Crippen molar-refractivity contribution < 1.29 is 14.6 Å². The van der Waals surface area contributed by atoms with Gasteiger partial charge in [0, 0.05) is 17.8 Å². The number of nitrogens with two attached hydrogens (primary N) is 1. The van der Waals surface area contributed by atoms with E-state index in [1.807, 2.05) is 19.1 Å². The summed E-state index contributed by atoms with van der Waals surface area (Å²) in [6, 6.07) is 9.05. The zero-order valence-electron chi connectivity index (χ0n) is 15.6. The lowest BCUT2D eigenvalue weighted by Crippen LogP contribution is -2.20. The number of carbonyl (C=O) groups is 1.